The number of hydrogen-bond donors (Lipinski definition) is 0. The summed E-state index contributed by atoms with van der Waals surface area (Å²) in [5, 5.41) is 3.78. The molecule has 1 aliphatic rings. The highest BCUT2D eigenvalue weighted by Gasteiger charge is 2.39. The molecule has 2 aromatic heterocycles. The summed E-state index contributed by atoms with van der Waals surface area (Å²) >= 11 is 7.65. The zero-order chi connectivity index (χ0) is 23.9. The van der Waals surface area contributed by atoms with Crippen LogP contribution >= 0.6 is 22.9 Å². The summed E-state index contributed by atoms with van der Waals surface area (Å²) in [7, 11) is 1.46. The maximum atomic E-state index is 13.9. The number of carbonyl (C=O) groups excluding carboxylic acids is 1. The largest absolute Gasteiger partial charge is 0.497 e. The number of benzene rings is 1. The van der Waals surface area contributed by atoms with Gasteiger partial charge in [0.05, 0.1) is 18.0 Å². The first-order valence-corrected chi connectivity index (χ1v) is 11.4. The average Bonchev–Trinajstić information content (AvgIpc) is 3.40. The summed E-state index contributed by atoms with van der Waals surface area (Å²) in [6.45, 7) is 6.24. The number of hydrogen-bond acceptors (Lipinski definition) is 4. The quantitative estimate of drug-likeness (QED) is 0.409. The lowest BCUT2D eigenvalue weighted by Crippen LogP contribution is -2.37. The Morgan fingerprint density at radius 1 is 1.33 bits per heavy atom. The Morgan fingerprint density at radius 3 is 2.73 bits per heavy atom. The Hall–Kier alpha value is -2.78. The first-order valence-electron chi connectivity index (χ1n) is 10.2. The summed E-state index contributed by atoms with van der Waals surface area (Å²) < 4.78 is 48.9. The van der Waals surface area contributed by atoms with Crippen LogP contribution < -0.4 is 4.74 Å². The second kappa shape index (κ2) is 8.87. The van der Waals surface area contributed by atoms with Crippen LogP contribution in [0.25, 0.3) is 11.1 Å². The van der Waals surface area contributed by atoms with Crippen LogP contribution in [0, 0.1) is 0 Å². The van der Waals surface area contributed by atoms with Crippen LogP contribution in [-0.2, 0) is 24.1 Å². The summed E-state index contributed by atoms with van der Waals surface area (Å²) in [4.78, 5) is 15.0. The van der Waals surface area contributed by atoms with Gasteiger partial charge in [-0.15, -0.1) is 11.3 Å². The molecule has 4 rings (SSSR count). The molecule has 0 saturated carbocycles. The van der Waals surface area contributed by atoms with Crippen molar-refractivity contribution < 1.29 is 22.7 Å². The van der Waals surface area contributed by atoms with Gasteiger partial charge in [0.25, 0.3) is 0 Å². The maximum absolute atomic E-state index is 13.9. The van der Waals surface area contributed by atoms with Crippen molar-refractivity contribution in [3.8, 4) is 16.9 Å². The van der Waals surface area contributed by atoms with Crippen molar-refractivity contribution >= 4 is 28.8 Å². The van der Waals surface area contributed by atoms with E-state index in [1.165, 1.54) is 35.4 Å². The fourth-order valence-electron chi connectivity index (χ4n) is 4.14. The van der Waals surface area contributed by atoms with E-state index in [2.05, 4.69) is 11.7 Å². The third-order valence-corrected chi connectivity index (χ3v) is 6.96. The van der Waals surface area contributed by atoms with Gasteiger partial charge in [-0.3, -0.25) is 9.48 Å². The van der Waals surface area contributed by atoms with Gasteiger partial charge in [0, 0.05) is 35.6 Å². The van der Waals surface area contributed by atoms with Crippen LogP contribution in [0.4, 0.5) is 13.2 Å². The maximum Gasteiger partial charge on any atom is 0.435 e. The Kier molecular flexibility index (Phi) is 6.28. The summed E-state index contributed by atoms with van der Waals surface area (Å²) in [5.74, 6) is -0.210. The predicted molar refractivity (Wildman–Crippen MR) is 122 cm³/mol. The number of aryl methyl sites for hydroxylation is 1. The molecule has 1 amide bonds. The van der Waals surface area contributed by atoms with Gasteiger partial charge in [0.1, 0.15) is 5.75 Å². The normalized spacial score (nSPS) is 15.9. The van der Waals surface area contributed by atoms with Gasteiger partial charge in [-0.25, -0.2) is 0 Å². The molecule has 3 heterocycles. The van der Waals surface area contributed by atoms with Gasteiger partial charge < -0.3 is 9.64 Å². The highest BCUT2D eigenvalue weighted by atomic mass is 35.5. The van der Waals surface area contributed by atoms with Crippen molar-refractivity contribution in [2.45, 2.75) is 32.1 Å². The van der Waals surface area contributed by atoms with Crippen molar-refractivity contribution in [1.29, 1.82) is 0 Å². The van der Waals surface area contributed by atoms with E-state index < -0.39 is 11.9 Å². The van der Waals surface area contributed by atoms with Crippen molar-refractivity contribution in [1.82, 2.24) is 14.7 Å². The van der Waals surface area contributed by atoms with Gasteiger partial charge >= 0.3 is 6.18 Å². The number of alkyl halides is 3. The minimum absolute atomic E-state index is 0.0340. The van der Waals surface area contributed by atoms with Gasteiger partial charge in [-0.05, 0) is 47.9 Å². The Balaban J connectivity index is 1.94. The molecule has 3 aromatic rings. The lowest BCUT2D eigenvalue weighted by atomic mass is 9.83. The monoisotopic (exact) mass is 495 g/mol. The molecule has 0 aliphatic carbocycles. The summed E-state index contributed by atoms with van der Waals surface area (Å²) in [6, 6.07) is 6.87. The van der Waals surface area contributed by atoms with Crippen molar-refractivity contribution in [2.75, 3.05) is 13.7 Å². The van der Waals surface area contributed by atoms with Crippen LogP contribution in [0.1, 0.15) is 34.5 Å². The predicted octanol–water partition coefficient (Wildman–Crippen LogP) is 5.97. The van der Waals surface area contributed by atoms with Gasteiger partial charge in [0.15, 0.2) is 5.69 Å². The highest BCUT2D eigenvalue weighted by Crippen LogP contribution is 2.45. The summed E-state index contributed by atoms with van der Waals surface area (Å²) in [6.07, 6.45) is -2.00. The Bertz CT molecular complexity index is 1220. The summed E-state index contributed by atoms with van der Waals surface area (Å²) in [5.41, 5.74) is 0.897. The SMILES string of the molecule is C=CC(=O)N1Cc2sc(Cl)cc2C(c2ccc(OC)cc2-c2cn(CC)nc2C(F)(F)F)C1. The zero-order valence-electron chi connectivity index (χ0n) is 17.9. The molecule has 0 radical (unpaired) electrons. The van der Waals surface area contributed by atoms with Crippen LogP contribution in [0.5, 0.6) is 5.75 Å². The molecule has 0 bridgehead atoms. The minimum atomic E-state index is -4.63. The van der Waals surface area contributed by atoms with Crippen LogP contribution in [0.3, 0.4) is 0 Å². The first-order chi connectivity index (χ1) is 15.7. The lowest BCUT2D eigenvalue weighted by molar-refractivity contribution is -0.141. The molecular weight excluding hydrogens is 475 g/mol. The molecule has 1 aromatic carbocycles. The van der Waals surface area contributed by atoms with E-state index in [-0.39, 0.29) is 30.5 Å². The molecule has 0 spiro atoms. The number of aromatic nitrogens is 2. The van der Waals surface area contributed by atoms with Crippen molar-refractivity contribution in [3.63, 3.8) is 0 Å². The van der Waals surface area contributed by atoms with Gasteiger partial charge in [-0.2, -0.15) is 18.3 Å². The molecule has 0 fully saturated rings. The number of ether oxygens (including phenoxy) is 1. The van der Waals surface area contributed by atoms with Gasteiger partial charge in [0.2, 0.25) is 5.91 Å². The Labute approximate surface area is 198 Å². The molecule has 5 nitrogen and oxygen atoms in total. The molecule has 1 aliphatic heterocycles. The van der Waals surface area contributed by atoms with Gasteiger partial charge in [-0.1, -0.05) is 24.2 Å². The molecule has 1 atom stereocenters. The third-order valence-electron chi connectivity index (χ3n) is 5.69. The fourth-order valence-corrected chi connectivity index (χ4v) is 5.49. The van der Waals surface area contributed by atoms with E-state index in [0.717, 1.165) is 10.4 Å². The number of rotatable bonds is 5. The third kappa shape index (κ3) is 4.39. The second-order valence-electron chi connectivity index (χ2n) is 7.60. The molecule has 33 heavy (non-hydrogen) atoms. The molecule has 0 saturated heterocycles. The second-order valence-corrected chi connectivity index (χ2v) is 9.37. The minimum Gasteiger partial charge on any atom is -0.497 e. The number of methoxy groups -OCH3 is 1. The molecular formula is C23H21ClF3N3O2S. The number of amides is 1. The van der Waals surface area contributed by atoms with Crippen LogP contribution in [0.2, 0.25) is 4.34 Å². The topological polar surface area (TPSA) is 47.4 Å². The first kappa shape index (κ1) is 23.4. The lowest BCUT2D eigenvalue weighted by Gasteiger charge is -2.33. The highest BCUT2D eigenvalue weighted by molar-refractivity contribution is 7.16. The fraction of sp³-hybridized carbons (Fsp3) is 0.304. The molecule has 0 N–H and O–H groups in total. The average molecular weight is 496 g/mol. The van der Waals surface area contributed by atoms with E-state index in [1.54, 1.807) is 30.0 Å². The van der Waals surface area contributed by atoms with E-state index in [9.17, 15) is 18.0 Å². The molecule has 174 valence electrons. The van der Waals surface area contributed by atoms with Crippen LogP contribution in [0.15, 0.2) is 43.1 Å². The number of thiophene rings is 1. The van der Waals surface area contributed by atoms with Crippen LogP contribution in [-0.4, -0.2) is 34.2 Å². The molecule has 1 unspecified atom stereocenters. The number of halogens is 4. The Morgan fingerprint density at radius 2 is 2.09 bits per heavy atom. The van der Waals surface area contributed by atoms with Crippen molar-refractivity contribution in [3.05, 3.63) is 69.2 Å². The smallest absolute Gasteiger partial charge is 0.435 e. The van der Waals surface area contributed by atoms with E-state index in [0.29, 0.717) is 27.8 Å². The van der Waals surface area contributed by atoms with E-state index in [1.807, 2.05) is 6.07 Å². The number of carbonyl (C=O) groups is 1. The molecule has 10 heteroatoms. The van der Waals surface area contributed by atoms with E-state index >= 15 is 0 Å². The number of nitrogens with zero attached hydrogens (tertiary/aromatic N) is 3. The standard InChI is InChI=1S/C23H21ClF3N3O2S/c1-4-21(31)29-10-17(16-9-20(24)33-19(16)12-29)14-7-6-13(32-3)8-15(14)18-11-30(5-2)28-22(18)23(25,26)27/h4,6-9,11,17H,1,5,10,12H2,2-3H3. The number of fused-ring (bicyclic) bond motifs is 1. The van der Waals surface area contributed by atoms with E-state index in [4.69, 9.17) is 16.3 Å². The van der Waals surface area contributed by atoms with Crippen molar-refractivity contribution in [2.24, 2.45) is 0 Å². The zero-order valence-corrected chi connectivity index (χ0v) is 19.5.